The highest BCUT2D eigenvalue weighted by molar-refractivity contribution is 6.30. The van der Waals surface area contributed by atoms with Crippen molar-refractivity contribution in [1.82, 2.24) is 25.5 Å². The number of esters is 1. The van der Waals surface area contributed by atoms with Crippen LogP contribution in [-0.4, -0.2) is 38.7 Å². The molecule has 148 valence electrons. The molecule has 0 bridgehead atoms. The number of aromatic nitrogens is 4. The van der Waals surface area contributed by atoms with E-state index in [1.807, 2.05) is 30.3 Å². The number of hydrogen-bond donors (Lipinski definition) is 1. The van der Waals surface area contributed by atoms with Gasteiger partial charge in [-0.3, -0.25) is 4.79 Å². The molecule has 1 amide bonds. The van der Waals surface area contributed by atoms with E-state index >= 15 is 0 Å². The van der Waals surface area contributed by atoms with Gasteiger partial charge < -0.3 is 10.1 Å². The maximum atomic E-state index is 12.6. The highest BCUT2D eigenvalue weighted by Crippen LogP contribution is 2.13. The predicted molar refractivity (Wildman–Crippen MR) is 107 cm³/mol. The number of tetrazole rings is 1. The molecule has 1 aromatic heterocycles. The molecule has 0 radical (unpaired) electrons. The van der Waals surface area contributed by atoms with Crippen LogP contribution < -0.4 is 5.32 Å². The van der Waals surface area contributed by atoms with Gasteiger partial charge in [-0.15, -0.1) is 5.10 Å². The second-order valence-electron chi connectivity index (χ2n) is 6.06. The smallest absolute Gasteiger partial charge is 0.357 e. The van der Waals surface area contributed by atoms with Crippen molar-refractivity contribution in [3.63, 3.8) is 0 Å². The summed E-state index contributed by atoms with van der Waals surface area (Å²) in [5.74, 6) is -0.733. The summed E-state index contributed by atoms with van der Waals surface area (Å²) < 4.78 is 6.43. The first-order valence-electron chi connectivity index (χ1n) is 8.73. The first-order valence-corrected chi connectivity index (χ1v) is 9.11. The Labute approximate surface area is 172 Å². The molecule has 0 atom stereocenters. The number of carbonyl (C=O) groups is 2. The molecule has 2 aromatic carbocycles. The van der Waals surface area contributed by atoms with Crippen molar-refractivity contribution in [2.45, 2.75) is 13.5 Å². The SMILES string of the molecule is Cc1nnnn1/C(=C\c1ccccc1)C(=O)OCC(=O)NCc1ccc(Cl)cc1. The third-order valence-electron chi connectivity index (χ3n) is 3.90. The summed E-state index contributed by atoms with van der Waals surface area (Å²) in [6.45, 7) is 1.52. The predicted octanol–water partition coefficient (Wildman–Crippen LogP) is 2.49. The fraction of sp³-hybridized carbons (Fsp3) is 0.150. The Morgan fingerprint density at radius 1 is 1.14 bits per heavy atom. The van der Waals surface area contributed by atoms with Crippen LogP contribution in [0.4, 0.5) is 0 Å². The lowest BCUT2D eigenvalue weighted by Gasteiger charge is -2.10. The van der Waals surface area contributed by atoms with Crippen LogP contribution in [-0.2, 0) is 20.9 Å². The zero-order valence-corrected chi connectivity index (χ0v) is 16.3. The molecule has 0 spiro atoms. The van der Waals surface area contributed by atoms with Crippen LogP contribution in [0.15, 0.2) is 54.6 Å². The van der Waals surface area contributed by atoms with Gasteiger partial charge in [0.15, 0.2) is 18.1 Å². The average molecular weight is 412 g/mol. The van der Waals surface area contributed by atoms with Crippen LogP contribution in [0, 0.1) is 6.92 Å². The normalized spacial score (nSPS) is 11.2. The standard InChI is InChI=1S/C20H18ClN5O3/c1-14-23-24-25-26(14)18(11-15-5-3-2-4-6-15)20(28)29-13-19(27)22-12-16-7-9-17(21)10-8-16/h2-11H,12-13H2,1H3,(H,22,27)/b18-11-. The van der Waals surface area contributed by atoms with Gasteiger partial charge in [0, 0.05) is 11.6 Å². The van der Waals surface area contributed by atoms with Crippen LogP contribution in [0.3, 0.4) is 0 Å². The summed E-state index contributed by atoms with van der Waals surface area (Å²) in [4.78, 5) is 24.7. The fourth-order valence-corrected chi connectivity index (χ4v) is 2.55. The summed E-state index contributed by atoms with van der Waals surface area (Å²) in [6.07, 6.45) is 1.59. The van der Waals surface area contributed by atoms with Gasteiger partial charge in [-0.05, 0) is 46.7 Å². The molecule has 1 heterocycles. The summed E-state index contributed by atoms with van der Waals surface area (Å²) in [5.41, 5.74) is 1.74. The minimum Gasteiger partial charge on any atom is -0.451 e. The van der Waals surface area contributed by atoms with Gasteiger partial charge in [-0.25, -0.2) is 4.79 Å². The molecule has 1 N–H and O–H groups in total. The summed E-state index contributed by atoms with van der Waals surface area (Å²) in [6, 6.07) is 16.3. The molecule has 0 saturated carbocycles. The zero-order valence-electron chi connectivity index (χ0n) is 15.6. The van der Waals surface area contributed by atoms with Gasteiger partial charge in [-0.2, -0.15) is 4.68 Å². The molecule has 3 aromatic rings. The largest absolute Gasteiger partial charge is 0.451 e. The number of amides is 1. The molecule has 0 saturated heterocycles. The van der Waals surface area contributed by atoms with Gasteiger partial charge in [-0.1, -0.05) is 54.1 Å². The maximum absolute atomic E-state index is 12.6. The summed E-state index contributed by atoms with van der Waals surface area (Å²) in [5, 5.41) is 14.5. The molecular formula is C20H18ClN5O3. The maximum Gasteiger partial charge on any atom is 0.357 e. The van der Waals surface area contributed by atoms with E-state index in [9.17, 15) is 9.59 Å². The minimum absolute atomic E-state index is 0.101. The highest BCUT2D eigenvalue weighted by Gasteiger charge is 2.19. The van der Waals surface area contributed by atoms with Crippen molar-refractivity contribution in [2.24, 2.45) is 0 Å². The Balaban J connectivity index is 1.64. The monoisotopic (exact) mass is 411 g/mol. The number of rotatable bonds is 7. The lowest BCUT2D eigenvalue weighted by Crippen LogP contribution is -2.29. The number of nitrogens with one attached hydrogen (secondary N) is 1. The molecule has 0 unspecified atom stereocenters. The molecule has 0 fully saturated rings. The summed E-state index contributed by atoms with van der Waals surface area (Å²) in [7, 11) is 0. The molecule has 9 heteroatoms. The van der Waals surface area contributed by atoms with Crippen LogP contribution >= 0.6 is 11.6 Å². The van der Waals surface area contributed by atoms with Crippen molar-refractivity contribution >= 4 is 35.3 Å². The number of carbonyl (C=O) groups excluding carboxylic acids is 2. The molecule has 29 heavy (non-hydrogen) atoms. The number of nitrogens with zero attached hydrogens (tertiary/aromatic N) is 4. The first-order chi connectivity index (χ1) is 14.0. The Hall–Kier alpha value is -3.52. The first kappa shape index (κ1) is 20.2. The average Bonchev–Trinajstić information content (AvgIpc) is 3.16. The van der Waals surface area contributed by atoms with Gasteiger partial charge in [0.25, 0.3) is 5.91 Å². The lowest BCUT2D eigenvalue weighted by molar-refractivity contribution is -0.143. The van der Waals surface area contributed by atoms with E-state index in [4.69, 9.17) is 16.3 Å². The van der Waals surface area contributed by atoms with Gasteiger partial charge in [0.05, 0.1) is 0 Å². The Bertz CT molecular complexity index is 1020. The molecule has 3 rings (SSSR count). The van der Waals surface area contributed by atoms with Crippen LogP contribution in [0.2, 0.25) is 5.02 Å². The van der Waals surface area contributed by atoms with Gasteiger partial charge in [0.1, 0.15) is 0 Å². The minimum atomic E-state index is -0.717. The van der Waals surface area contributed by atoms with Gasteiger partial charge >= 0.3 is 5.97 Å². The molecule has 0 aliphatic heterocycles. The Morgan fingerprint density at radius 3 is 2.52 bits per heavy atom. The number of benzene rings is 2. The Morgan fingerprint density at radius 2 is 1.86 bits per heavy atom. The van der Waals surface area contributed by atoms with Crippen molar-refractivity contribution in [1.29, 1.82) is 0 Å². The van der Waals surface area contributed by atoms with E-state index < -0.39 is 18.5 Å². The van der Waals surface area contributed by atoms with Crippen LogP contribution in [0.1, 0.15) is 17.0 Å². The number of aryl methyl sites for hydroxylation is 1. The van der Waals surface area contributed by atoms with Crippen molar-refractivity contribution in [2.75, 3.05) is 6.61 Å². The van der Waals surface area contributed by atoms with E-state index in [1.165, 1.54) is 4.68 Å². The van der Waals surface area contributed by atoms with Gasteiger partial charge in [0.2, 0.25) is 0 Å². The molecule has 0 aliphatic carbocycles. The van der Waals surface area contributed by atoms with Crippen molar-refractivity contribution in [3.05, 3.63) is 76.6 Å². The number of hydrogen-bond acceptors (Lipinski definition) is 6. The molecule has 0 aliphatic rings. The van der Waals surface area contributed by atoms with E-state index in [1.54, 1.807) is 37.3 Å². The van der Waals surface area contributed by atoms with E-state index in [0.29, 0.717) is 17.4 Å². The topological polar surface area (TPSA) is 99.0 Å². The third-order valence-corrected chi connectivity index (χ3v) is 4.15. The molecule has 8 nitrogen and oxygen atoms in total. The third kappa shape index (κ3) is 5.73. The number of ether oxygens (including phenoxy) is 1. The van der Waals surface area contributed by atoms with Crippen LogP contribution in [0.25, 0.3) is 11.8 Å². The fourth-order valence-electron chi connectivity index (χ4n) is 2.43. The highest BCUT2D eigenvalue weighted by atomic mass is 35.5. The zero-order chi connectivity index (χ0) is 20.6. The van der Waals surface area contributed by atoms with E-state index in [2.05, 4.69) is 20.8 Å². The Kier molecular flexibility index (Phi) is 6.70. The van der Waals surface area contributed by atoms with E-state index in [-0.39, 0.29) is 5.70 Å². The second-order valence-corrected chi connectivity index (χ2v) is 6.49. The lowest BCUT2D eigenvalue weighted by atomic mass is 10.2. The second kappa shape index (κ2) is 9.61. The molecular weight excluding hydrogens is 394 g/mol. The quantitative estimate of drug-likeness (QED) is 0.473. The van der Waals surface area contributed by atoms with Crippen LogP contribution in [0.5, 0.6) is 0 Å². The van der Waals surface area contributed by atoms with Crippen molar-refractivity contribution in [3.8, 4) is 0 Å². The van der Waals surface area contributed by atoms with Crippen molar-refractivity contribution < 1.29 is 14.3 Å². The summed E-state index contributed by atoms with van der Waals surface area (Å²) >= 11 is 5.83. The number of halogens is 1. The van der Waals surface area contributed by atoms with E-state index in [0.717, 1.165) is 11.1 Å².